The fourth-order valence-electron chi connectivity index (χ4n) is 5.93. The molecule has 1 aliphatic carbocycles. The standard InChI is InChI=1S/C34H43F3O4Si/c1-33(2,3)42(31-13-6-4-7-14-31,32-15-8-5-9-16-32)41-25-30(24-40-29-12-10-11-27(21-29)22-38)39-23-26-17-19-28(20-18-26)34(35,36)37/h4-9,13-20,27,29-30,38H,10-12,21-25H2,1-3H3/t27-,29+,30?/m0/s1. The summed E-state index contributed by atoms with van der Waals surface area (Å²) in [5, 5.41) is 11.8. The van der Waals surface area contributed by atoms with Crippen LogP contribution in [0.1, 0.15) is 57.6 Å². The van der Waals surface area contributed by atoms with Gasteiger partial charge in [0.2, 0.25) is 0 Å². The Morgan fingerprint density at radius 1 is 0.833 bits per heavy atom. The minimum Gasteiger partial charge on any atom is -0.405 e. The molecule has 0 heterocycles. The number of hydrogen-bond acceptors (Lipinski definition) is 4. The third-order valence-corrected chi connectivity index (χ3v) is 13.2. The molecule has 1 N–H and O–H groups in total. The molecule has 0 aliphatic heterocycles. The van der Waals surface area contributed by atoms with E-state index in [0.717, 1.165) is 48.2 Å². The average Bonchev–Trinajstić information content (AvgIpc) is 2.98. The average molecular weight is 601 g/mol. The highest BCUT2D eigenvalue weighted by Gasteiger charge is 2.50. The zero-order valence-electron chi connectivity index (χ0n) is 24.8. The molecular weight excluding hydrogens is 557 g/mol. The van der Waals surface area contributed by atoms with E-state index in [-0.39, 0.29) is 36.9 Å². The van der Waals surface area contributed by atoms with Crippen molar-refractivity contribution in [2.45, 2.75) is 76.5 Å². The fourth-order valence-corrected chi connectivity index (χ4v) is 10.5. The van der Waals surface area contributed by atoms with Gasteiger partial charge in [-0.3, -0.25) is 0 Å². The second-order valence-electron chi connectivity index (χ2n) is 12.3. The largest absolute Gasteiger partial charge is 0.416 e. The summed E-state index contributed by atoms with van der Waals surface area (Å²) < 4.78 is 59.0. The normalized spacial score (nSPS) is 19.0. The molecule has 4 nitrogen and oxygen atoms in total. The minimum atomic E-state index is -4.38. The number of rotatable bonds is 12. The fraction of sp³-hybridized carbons (Fsp3) is 0.471. The molecule has 1 saturated carbocycles. The van der Waals surface area contributed by atoms with E-state index in [9.17, 15) is 18.3 Å². The maximum atomic E-state index is 13.1. The van der Waals surface area contributed by atoms with Gasteiger partial charge in [0.25, 0.3) is 8.32 Å². The molecule has 42 heavy (non-hydrogen) atoms. The Bertz CT molecular complexity index is 1170. The summed E-state index contributed by atoms with van der Waals surface area (Å²) in [5.74, 6) is 0.239. The van der Waals surface area contributed by atoms with E-state index < -0.39 is 26.2 Å². The van der Waals surface area contributed by atoms with Crippen LogP contribution in [0.3, 0.4) is 0 Å². The van der Waals surface area contributed by atoms with Crippen molar-refractivity contribution >= 4 is 18.7 Å². The SMILES string of the molecule is CC(C)(C)[Si](OCC(CO[C@@H]1CCC[C@H](CO)C1)OCc1ccc(C(F)(F)F)cc1)(c1ccccc1)c1ccccc1. The first kappa shape index (κ1) is 32.4. The van der Waals surface area contributed by atoms with Crippen molar-refractivity contribution in [3.8, 4) is 0 Å². The van der Waals surface area contributed by atoms with Crippen LogP contribution in [0.25, 0.3) is 0 Å². The van der Waals surface area contributed by atoms with Crippen LogP contribution in [0.5, 0.6) is 0 Å². The Balaban J connectivity index is 1.57. The summed E-state index contributed by atoms with van der Waals surface area (Å²) in [6, 6.07) is 25.8. The quantitative estimate of drug-likeness (QED) is 0.234. The molecule has 0 bridgehead atoms. The number of ether oxygens (including phenoxy) is 2. The third kappa shape index (κ3) is 8.11. The Kier molecular flexibility index (Phi) is 11.1. The molecule has 0 amide bonds. The van der Waals surface area contributed by atoms with Crippen LogP contribution >= 0.6 is 0 Å². The maximum Gasteiger partial charge on any atom is 0.416 e. The van der Waals surface area contributed by atoms with E-state index in [1.54, 1.807) is 0 Å². The molecule has 8 heteroatoms. The number of alkyl halides is 3. The zero-order valence-corrected chi connectivity index (χ0v) is 25.8. The number of aliphatic hydroxyl groups excluding tert-OH is 1. The summed E-state index contributed by atoms with van der Waals surface area (Å²) >= 11 is 0. The lowest BCUT2D eigenvalue weighted by atomic mass is 9.88. The minimum absolute atomic E-state index is 0.0286. The summed E-state index contributed by atoms with van der Waals surface area (Å²) in [4.78, 5) is 0. The second kappa shape index (κ2) is 14.3. The van der Waals surface area contributed by atoms with Gasteiger partial charge < -0.3 is 19.0 Å². The van der Waals surface area contributed by atoms with Crippen LogP contribution < -0.4 is 10.4 Å². The van der Waals surface area contributed by atoms with E-state index in [2.05, 4.69) is 45.0 Å². The van der Waals surface area contributed by atoms with Crippen molar-refractivity contribution in [3.63, 3.8) is 0 Å². The second-order valence-corrected chi connectivity index (χ2v) is 16.6. The number of benzene rings is 3. The Hall–Kier alpha value is -2.49. The number of hydrogen-bond donors (Lipinski definition) is 1. The molecular formula is C34H43F3O4Si. The van der Waals surface area contributed by atoms with Gasteiger partial charge in [-0.15, -0.1) is 0 Å². The lowest BCUT2D eigenvalue weighted by molar-refractivity contribution is -0.137. The van der Waals surface area contributed by atoms with E-state index >= 15 is 0 Å². The molecule has 0 saturated heterocycles. The van der Waals surface area contributed by atoms with Crippen LogP contribution in [-0.4, -0.2) is 45.5 Å². The van der Waals surface area contributed by atoms with E-state index in [4.69, 9.17) is 13.9 Å². The Morgan fingerprint density at radius 3 is 1.95 bits per heavy atom. The molecule has 228 valence electrons. The molecule has 1 fully saturated rings. The summed E-state index contributed by atoms with van der Waals surface area (Å²) in [6.07, 6.45) is -1.06. The topological polar surface area (TPSA) is 47.9 Å². The van der Waals surface area contributed by atoms with Crippen molar-refractivity contribution in [2.75, 3.05) is 19.8 Å². The molecule has 0 aromatic heterocycles. The van der Waals surface area contributed by atoms with Crippen molar-refractivity contribution in [1.82, 2.24) is 0 Å². The first-order valence-corrected chi connectivity index (χ1v) is 16.7. The summed E-state index contributed by atoms with van der Waals surface area (Å²) in [6.45, 7) is 7.50. The lowest BCUT2D eigenvalue weighted by Gasteiger charge is -2.43. The lowest BCUT2D eigenvalue weighted by Crippen LogP contribution is -2.67. The monoisotopic (exact) mass is 600 g/mol. The van der Waals surface area contributed by atoms with Gasteiger partial charge in [-0.2, -0.15) is 13.2 Å². The van der Waals surface area contributed by atoms with Gasteiger partial charge in [0, 0.05) is 6.61 Å². The van der Waals surface area contributed by atoms with Crippen LogP contribution in [0.4, 0.5) is 13.2 Å². The van der Waals surface area contributed by atoms with Gasteiger partial charge in [-0.05, 0) is 58.3 Å². The maximum absolute atomic E-state index is 13.1. The Morgan fingerprint density at radius 2 is 1.43 bits per heavy atom. The van der Waals surface area contributed by atoms with Gasteiger partial charge in [0.15, 0.2) is 0 Å². The van der Waals surface area contributed by atoms with Gasteiger partial charge >= 0.3 is 6.18 Å². The van der Waals surface area contributed by atoms with Crippen LogP contribution in [0.15, 0.2) is 84.9 Å². The van der Waals surface area contributed by atoms with Crippen LogP contribution in [-0.2, 0) is 26.7 Å². The molecule has 0 radical (unpaired) electrons. The van der Waals surface area contributed by atoms with E-state index in [1.165, 1.54) is 12.1 Å². The molecule has 1 unspecified atom stereocenters. The van der Waals surface area contributed by atoms with Crippen molar-refractivity contribution in [2.24, 2.45) is 5.92 Å². The molecule has 0 spiro atoms. The van der Waals surface area contributed by atoms with Crippen molar-refractivity contribution < 1.29 is 32.2 Å². The highest BCUT2D eigenvalue weighted by Crippen LogP contribution is 2.37. The first-order valence-electron chi connectivity index (χ1n) is 14.8. The van der Waals surface area contributed by atoms with E-state index in [1.807, 2.05) is 36.4 Å². The first-order chi connectivity index (χ1) is 20.0. The highest BCUT2D eigenvalue weighted by molar-refractivity contribution is 6.99. The molecule has 3 aromatic rings. The van der Waals surface area contributed by atoms with Gasteiger partial charge in [0.1, 0.15) is 6.10 Å². The number of halogens is 3. The molecule has 3 aromatic carbocycles. The third-order valence-electron chi connectivity index (χ3n) is 8.18. The van der Waals surface area contributed by atoms with Gasteiger partial charge in [0.05, 0.1) is 31.5 Å². The summed E-state index contributed by atoms with van der Waals surface area (Å²) in [7, 11) is -2.83. The van der Waals surface area contributed by atoms with E-state index in [0.29, 0.717) is 12.2 Å². The van der Waals surface area contributed by atoms with Crippen molar-refractivity contribution in [1.29, 1.82) is 0 Å². The molecule has 4 rings (SSSR count). The van der Waals surface area contributed by atoms with Crippen LogP contribution in [0, 0.1) is 5.92 Å². The van der Waals surface area contributed by atoms with Crippen LogP contribution in [0.2, 0.25) is 5.04 Å². The zero-order chi connectivity index (χ0) is 30.2. The predicted molar refractivity (Wildman–Crippen MR) is 162 cm³/mol. The highest BCUT2D eigenvalue weighted by atomic mass is 28.4. The summed E-state index contributed by atoms with van der Waals surface area (Å²) in [5.41, 5.74) is -0.0339. The van der Waals surface area contributed by atoms with Gasteiger partial charge in [-0.25, -0.2) is 0 Å². The smallest absolute Gasteiger partial charge is 0.405 e. The van der Waals surface area contributed by atoms with Gasteiger partial charge in [-0.1, -0.05) is 100.0 Å². The molecule has 3 atom stereocenters. The molecule has 1 aliphatic rings. The number of aliphatic hydroxyl groups is 1. The predicted octanol–water partition coefficient (Wildman–Crippen LogP) is 6.73. The Labute approximate surface area is 249 Å². The van der Waals surface area contributed by atoms with Crippen molar-refractivity contribution in [3.05, 3.63) is 96.1 Å².